The van der Waals surface area contributed by atoms with Crippen molar-refractivity contribution in [3.8, 4) is 0 Å². The smallest absolute Gasteiger partial charge is 0.294 e. The van der Waals surface area contributed by atoms with Crippen molar-refractivity contribution in [1.82, 2.24) is 14.9 Å². The van der Waals surface area contributed by atoms with Crippen LogP contribution in [0, 0.1) is 13.8 Å². The second kappa shape index (κ2) is 9.11. The number of nitrogens with two attached hydrogens (primary N) is 1. The minimum atomic E-state index is -0.452. The van der Waals surface area contributed by atoms with Crippen LogP contribution in [0.15, 0.2) is 52.4 Å². The maximum absolute atomic E-state index is 12.5. The number of amides is 1. The van der Waals surface area contributed by atoms with Crippen molar-refractivity contribution >= 4 is 35.0 Å². The molecule has 9 heteroatoms. The fourth-order valence-corrected chi connectivity index (χ4v) is 3.47. The van der Waals surface area contributed by atoms with Gasteiger partial charge in [-0.25, -0.2) is 0 Å². The van der Waals surface area contributed by atoms with Gasteiger partial charge in [-0.15, -0.1) is 10.2 Å². The Morgan fingerprint density at radius 3 is 2.59 bits per heavy atom. The molecule has 29 heavy (non-hydrogen) atoms. The Labute approximate surface area is 177 Å². The van der Waals surface area contributed by atoms with Gasteiger partial charge in [0.05, 0.1) is 5.75 Å². The zero-order chi connectivity index (χ0) is 21.0. The van der Waals surface area contributed by atoms with Crippen molar-refractivity contribution in [2.45, 2.75) is 25.4 Å². The molecule has 0 bridgehead atoms. The van der Waals surface area contributed by atoms with E-state index in [1.807, 2.05) is 44.2 Å². The molecule has 3 rings (SSSR count). The van der Waals surface area contributed by atoms with Gasteiger partial charge in [-0.2, -0.15) is 4.68 Å². The number of hydrogen-bond donors (Lipinski definition) is 2. The minimum absolute atomic E-state index is 0.0508. The lowest BCUT2D eigenvalue weighted by atomic mass is 10.1. The number of aryl methyl sites for hydroxylation is 2. The van der Waals surface area contributed by atoms with Crippen LogP contribution in [-0.4, -0.2) is 26.5 Å². The van der Waals surface area contributed by atoms with Crippen LogP contribution >= 0.6 is 23.4 Å². The maximum Gasteiger partial charge on any atom is 0.294 e. The molecule has 0 aliphatic carbocycles. The number of nitrogens with zero attached hydrogens (tertiary/aromatic N) is 3. The predicted molar refractivity (Wildman–Crippen MR) is 116 cm³/mol. The molecule has 7 nitrogen and oxygen atoms in total. The highest BCUT2D eigenvalue weighted by Gasteiger charge is 2.13. The van der Waals surface area contributed by atoms with E-state index in [4.69, 9.17) is 17.4 Å². The molecule has 3 aromatic rings. The van der Waals surface area contributed by atoms with E-state index in [1.165, 1.54) is 0 Å². The molecule has 150 valence electrons. The molecular weight excluding hydrogens is 410 g/mol. The zero-order valence-electron chi connectivity index (χ0n) is 16.0. The third kappa shape index (κ3) is 5.36. The first-order valence-corrected chi connectivity index (χ1v) is 10.2. The Morgan fingerprint density at radius 1 is 1.17 bits per heavy atom. The monoisotopic (exact) mass is 429 g/mol. The second-order valence-electron chi connectivity index (χ2n) is 6.56. The van der Waals surface area contributed by atoms with E-state index in [2.05, 4.69) is 15.5 Å². The Balaban J connectivity index is 1.65. The lowest BCUT2D eigenvalue weighted by molar-refractivity contribution is -0.113. The van der Waals surface area contributed by atoms with E-state index in [9.17, 15) is 9.59 Å². The third-order valence-corrected chi connectivity index (χ3v) is 5.40. The van der Waals surface area contributed by atoms with Crippen LogP contribution < -0.4 is 16.7 Å². The fraction of sp³-hybridized carbons (Fsp3) is 0.200. The summed E-state index contributed by atoms with van der Waals surface area (Å²) in [6.07, 6.45) is 0.290. The SMILES string of the molecule is Cc1ccc(NC(=O)CSc2nnc(Cc3ccc(Cl)cc3)c(=O)n2N)c(C)c1. The number of halogens is 1. The highest BCUT2D eigenvalue weighted by atomic mass is 35.5. The average molecular weight is 430 g/mol. The Kier molecular flexibility index (Phi) is 6.56. The Hall–Kier alpha value is -2.84. The number of carbonyl (C=O) groups is 1. The summed E-state index contributed by atoms with van der Waals surface area (Å²) in [4.78, 5) is 24.7. The standard InChI is InChI=1S/C20H20ClN5O2S/c1-12-3-8-16(13(2)9-12)23-18(27)11-29-20-25-24-17(19(28)26(20)22)10-14-4-6-15(21)7-5-14/h3-9H,10-11,22H2,1-2H3,(H,23,27). The van der Waals surface area contributed by atoms with Crippen LogP contribution in [0.4, 0.5) is 5.69 Å². The summed E-state index contributed by atoms with van der Waals surface area (Å²) in [5.74, 6) is 5.70. The number of rotatable bonds is 6. The van der Waals surface area contributed by atoms with Crippen molar-refractivity contribution in [2.75, 3.05) is 16.9 Å². The number of anilines is 1. The number of thioether (sulfide) groups is 1. The summed E-state index contributed by atoms with van der Waals surface area (Å²) in [5.41, 5.74) is 3.48. The molecule has 1 heterocycles. The van der Waals surface area contributed by atoms with Crippen molar-refractivity contribution in [1.29, 1.82) is 0 Å². The molecule has 0 radical (unpaired) electrons. The molecule has 0 saturated carbocycles. The number of nitrogens with one attached hydrogen (secondary N) is 1. The molecule has 0 fully saturated rings. The largest absolute Gasteiger partial charge is 0.334 e. The van der Waals surface area contributed by atoms with Gasteiger partial charge in [0.2, 0.25) is 11.1 Å². The van der Waals surface area contributed by atoms with E-state index in [-0.39, 0.29) is 22.5 Å². The normalized spacial score (nSPS) is 10.7. The molecule has 0 atom stereocenters. The van der Waals surface area contributed by atoms with E-state index >= 15 is 0 Å². The molecule has 1 amide bonds. The van der Waals surface area contributed by atoms with Crippen LogP contribution in [0.3, 0.4) is 0 Å². The van der Waals surface area contributed by atoms with Gasteiger partial charge in [0, 0.05) is 17.1 Å². The highest BCUT2D eigenvalue weighted by molar-refractivity contribution is 7.99. The number of aromatic nitrogens is 3. The van der Waals surface area contributed by atoms with E-state index in [0.29, 0.717) is 11.4 Å². The molecule has 0 unspecified atom stereocenters. The average Bonchev–Trinajstić information content (AvgIpc) is 2.69. The van der Waals surface area contributed by atoms with Gasteiger partial charge in [0.1, 0.15) is 5.69 Å². The molecule has 3 N–H and O–H groups in total. The lowest BCUT2D eigenvalue weighted by Gasteiger charge is -2.10. The van der Waals surface area contributed by atoms with Crippen LogP contribution in [-0.2, 0) is 11.2 Å². The third-order valence-electron chi connectivity index (χ3n) is 4.20. The van der Waals surface area contributed by atoms with Gasteiger partial charge < -0.3 is 11.2 Å². The van der Waals surface area contributed by atoms with Crippen molar-refractivity contribution in [3.63, 3.8) is 0 Å². The molecule has 0 spiro atoms. The molecule has 0 aliphatic rings. The fourth-order valence-electron chi connectivity index (χ4n) is 2.70. The van der Waals surface area contributed by atoms with E-state index < -0.39 is 5.56 Å². The van der Waals surface area contributed by atoms with Gasteiger partial charge in [-0.1, -0.05) is 53.2 Å². The van der Waals surface area contributed by atoms with Crippen molar-refractivity contribution in [2.24, 2.45) is 0 Å². The van der Waals surface area contributed by atoms with Gasteiger partial charge in [-0.05, 0) is 43.2 Å². The number of carbonyl (C=O) groups excluding carboxylic acids is 1. The number of benzene rings is 2. The van der Waals surface area contributed by atoms with Gasteiger partial charge in [0.15, 0.2) is 0 Å². The first-order chi connectivity index (χ1) is 13.8. The summed E-state index contributed by atoms with van der Waals surface area (Å²) in [6, 6.07) is 12.9. The first-order valence-electron chi connectivity index (χ1n) is 8.81. The zero-order valence-corrected chi connectivity index (χ0v) is 17.5. The quantitative estimate of drug-likeness (QED) is 0.461. The second-order valence-corrected chi connectivity index (χ2v) is 7.94. The number of nitrogen functional groups attached to an aromatic ring is 1. The summed E-state index contributed by atoms with van der Waals surface area (Å²) in [7, 11) is 0. The van der Waals surface area contributed by atoms with Crippen LogP contribution in [0.5, 0.6) is 0 Å². The highest BCUT2D eigenvalue weighted by Crippen LogP contribution is 2.18. The Morgan fingerprint density at radius 2 is 1.90 bits per heavy atom. The number of hydrogen-bond acceptors (Lipinski definition) is 6. The molecular formula is C20H20ClN5O2S. The van der Waals surface area contributed by atoms with Gasteiger partial charge in [-0.3, -0.25) is 9.59 Å². The van der Waals surface area contributed by atoms with Crippen LogP contribution in [0.25, 0.3) is 0 Å². The molecule has 2 aromatic carbocycles. The first kappa shape index (κ1) is 20.9. The van der Waals surface area contributed by atoms with E-state index in [0.717, 1.165) is 38.8 Å². The molecule has 0 saturated heterocycles. The summed E-state index contributed by atoms with van der Waals surface area (Å²) in [6.45, 7) is 3.92. The maximum atomic E-state index is 12.5. The van der Waals surface area contributed by atoms with E-state index in [1.54, 1.807) is 12.1 Å². The van der Waals surface area contributed by atoms with Crippen LogP contribution in [0.2, 0.25) is 5.02 Å². The van der Waals surface area contributed by atoms with Crippen LogP contribution in [0.1, 0.15) is 22.4 Å². The summed E-state index contributed by atoms with van der Waals surface area (Å²) in [5, 5.41) is 11.6. The topological polar surface area (TPSA) is 103 Å². The van der Waals surface area contributed by atoms with Gasteiger partial charge in [0.25, 0.3) is 5.56 Å². The van der Waals surface area contributed by atoms with Gasteiger partial charge >= 0.3 is 0 Å². The summed E-state index contributed by atoms with van der Waals surface area (Å²) < 4.78 is 0.924. The molecule has 1 aromatic heterocycles. The Bertz CT molecular complexity index is 1100. The summed E-state index contributed by atoms with van der Waals surface area (Å²) >= 11 is 6.92. The van der Waals surface area contributed by atoms with Crippen molar-refractivity contribution < 1.29 is 4.79 Å². The molecule has 0 aliphatic heterocycles. The van der Waals surface area contributed by atoms with Crippen molar-refractivity contribution in [3.05, 3.63) is 80.2 Å². The predicted octanol–water partition coefficient (Wildman–Crippen LogP) is 2.94. The minimum Gasteiger partial charge on any atom is -0.334 e. The lowest BCUT2D eigenvalue weighted by Crippen LogP contribution is -2.34.